The molecule has 0 spiro atoms. The van der Waals surface area contributed by atoms with E-state index in [1.54, 1.807) is 0 Å². The van der Waals surface area contributed by atoms with Gasteiger partial charge in [0.15, 0.2) is 0 Å². The van der Waals surface area contributed by atoms with E-state index in [1.807, 2.05) is 0 Å². The number of nitrogens with two attached hydrogens (primary N) is 1. The SMILES string of the molecule is CCC12CCC3C(C4CC4C4=CC(=N)CCC43N)C1CCC2C. The molecule has 2 nitrogen and oxygen atoms in total. The molecule has 2 heteroatoms. The Labute approximate surface area is 140 Å². The predicted octanol–water partition coefficient (Wildman–Crippen LogP) is 4.54. The second-order valence-electron chi connectivity index (χ2n) is 9.57. The van der Waals surface area contributed by atoms with Crippen LogP contribution in [0.4, 0.5) is 0 Å². The predicted molar refractivity (Wildman–Crippen MR) is 94.4 cm³/mol. The fourth-order valence-corrected chi connectivity index (χ4v) is 7.99. The Morgan fingerprint density at radius 2 is 2.04 bits per heavy atom. The van der Waals surface area contributed by atoms with Gasteiger partial charge in [0.25, 0.3) is 0 Å². The minimum Gasteiger partial charge on any atom is -0.321 e. The Morgan fingerprint density at radius 1 is 1.22 bits per heavy atom. The van der Waals surface area contributed by atoms with Crippen LogP contribution in [0.3, 0.4) is 0 Å². The molecule has 8 atom stereocenters. The summed E-state index contributed by atoms with van der Waals surface area (Å²) in [5.41, 5.74) is 10.0. The van der Waals surface area contributed by atoms with E-state index in [0.29, 0.717) is 11.3 Å². The summed E-state index contributed by atoms with van der Waals surface area (Å²) in [6.07, 6.45) is 12.6. The maximum Gasteiger partial charge on any atom is 0.0410 e. The summed E-state index contributed by atoms with van der Waals surface area (Å²) >= 11 is 0. The summed E-state index contributed by atoms with van der Waals surface area (Å²) in [5, 5.41) is 8.11. The van der Waals surface area contributed by atoms with Gasteiger partial charge in [-0.3, -0.25) is 0 Å². The van der Waals surface area contributed by atoms with Gasteiger partial charge in [0.2, 0.25) is 0 Å². The van der Waals surface area contributed by atoms with Crippen LogP contribution in [-0.2, 0) is 0 Å². The molecular weight excluding hydrogens is 280 g/mol. The molecule has 0 aromatic heterocycles. The summed E-state index contributed by atoms with van der Waals surface area (Å²) in [6.45, 7) is 4.98. The average Bonchev–Trinajstić information content (AvgIpc) is 3.27. The van der Waals surface area contributed by atoms with E-state index in [-0.39, 0.29) is 5.54 Å². The second-order valence-corrected chi connectivity index (χ2v) is 9.57. The molecule has 0 amide bonds. The van der Waals surface area contributed by atoms with Gasteiger partial charge >= 0.3 is 0 Å². The molecule has 126 valence electrons. The second kappa shape index (κ2) is 4.50. The van der Waals surface area contributed by atoms with Crippen molar-refractivity contribution < 1.29 is 0 Å². The van der Waals surface area contributed by atoms with Crippen molar-refractivity contribution in [3.8, 4) is 0 Å². The lowest BCUT2D eigenvalue weighted by Gasteiger charge is -2.58. The largest absolute Gasteiger partial charge is 0.321 e. The number of allylic oxidation sites excluding steroid dienone is 1. The lowest BCUT2D eigenvalue weighted by atomic mass is 9.48. The minimum atomic E-state index is -0.0569. The lowest BCUT2D eigenvalue weighted by Crippen LogP contribution is -2.61. The first-order chi connectivity index (χ1) is 11.0. The van der Waals surface area contributed by atoms with Gasteiger partial charge in [0.1, 0.15) is 0 Å². The van der Waals surface area contributed by atoms with Crippen molar-refractivity contribution in [2.75, 3.05) is 0 Å². The van der Waals surface area contributed by atoms with E-state index in [1.165, 1.54) is 44.1 Å². The van der Waals surface area contributed by atoms with E-state index in [2.05, 4.69) is 19.9 Å². The number of hydrogen-bond donors (Lipinski definition) is 2. The normalized spacial score (nSPS) is 57.0. The first-order valence-electron chi connectivity index (χ1n) is 10.1. The molecular formula is C21H32N2. The van der Waals surface area contributed by atoms with Crippen molar-refractivity contribution in [2.24, 2.45) is 46.7 Å². The summed E-state index contributed by atoms with van der Waals surface area (Å²) in [5.74, 6) is 5.12. The Balaban J connectivity index is 1.57. The zero-order valence-electron chi connectivity index (χ0n) is 14.8. The fraction of sp³-hybridized carbons (Fsp3) is 0.857. The third-order valence-corrected chi connectivity index (χ3v) is 9.21. The van der Waals surface area contributed by atoms with Gasteiger partial charge < -0.3 is 11.1 Å². The molecule has 0 aromatic rings. The zero-order chi connectivity index (χ0) is 16.0. The van der Waals surface area contributed by atoms with Crippen molar-refractivity contribution in [1.29, 1.82) is 5.41 Å². The third kappa shape index (κ3) is 1.67. The fourth-order valence-electron chi connectivity index (χ4n) is 7.99. The molecule has 23 heavy (non-hydrogen) atoms. The van der Waals surface area contributed by atoms with Gasteiger partial charge in [0.05, 0.1) is 0 Å². The van der Waals surface area contributed by atoms with Crippen LogP contribution in [0.2, 0.25) is 0 Å². The lowest BCUT2D eigenvalue weighted by molar-refractivity contribution is -0.0453. The first-order valence-corrected chi connectivity index (χ1v) is 10.1. The number of rotatable bonds is 1. The summed E-state index contributed by atoms with van der Waals surface area (Å²) in [4.78, 5) is 0. The molecule has 5 aliphatic rings. The van der Waals surface area contributed by atoms with Gasteiger partial charge in [-0.25, -0.2) is 0 Å². The van der Waals surface area contributed by atoms with Crippen molar-refractivity contribution in [1.82, 2.24) is 0 Å². The van der Waals surface area contributed by atoms with Gasteiger partial charge in [-0.05, 0) is 104 Å². The first kappa shape index (κ1) is 14.7. The van der Waals surface area contributed by atoms with E-state index < -0.39 is 0 Å². The molecule has 5 aliphatic carbocycles. The summed E-state index contributed by atoms with van der Waals surface area (Å²) < 4.78 is 0. The van der Waals surface area contributed by atoms with Crippen LogP contribution in [0, 0.1) is 46.3 Å². The van der Waals surface area contributed by atoms with Crippen LogP contribution in [0.5, 0.6) is 0 Å². The molecule has 4 saturated carbocycles. The molecule has 0 aromatic carbocycles. The Morgan fingerprint density at radius 3 is 2.83 bits per heavy atom. The van der Waals surface area contributed by atoms with Gasteiger partial charge in [0, 0.05) is 11.3 Å². The third-order valence-electron chi connectivity index (χ3n) is 9.21. The maximum absolute atomic E-state index is 8.11. The van der Waals surface area contributed by atoms with Crippen LogP contribution in [-0.4, -0.2) is 11.3 Å². The Kier molecular flexibility index (Phi) is 2.88. The van der Waals surface area contributed by atoms with E-state index in [0.717, 1.165) is 48.1 Å². The van der Waals surface area contributed by atoms with Crippen LogP contribution < -0.4 is 5.73 Å². The van der Waals surface area contributed by atoms with E-state index in [4.69, 9.17) is 11.1 Å². The molecule has 0 bridgehead atoms. The average molecular weight is 313 g/mol. The highest BCUT2D eigenvalue weighted by atomic mass is 14.9. The molecule has 3 N–H and O–H groups in total. The van der Waals surface area contributed by atoms with E-state index >= 15 is 0 Å². The van der Waals surface area contributed by atoms with E-state index in [9.17, 15) is 0 Å². The van der Waals surface area contributed by atoms with Gasteiger partial charge in [-0.15, -0.1) is 0 Å². The highest BCUT2D eigenvalue weighted by Gasteiger charge is 2.67. The van der Waals surface area contributed by atoms with Crippen LogP contribution in [0.25, 0.3) is 0 Å². The van der Waals surface area contributed by atoms with Crippen LogP contribution in [0.1, 0.15) is 65.2 Å². The van der Waals surface area contributed by atoms with Crippen molar-refractivity contribution in [3.05, 3.63) is 11.6 Å². The van der Waals surface area contributed by atoms with Crippen molar-refractivity contribution in [2.45, 2.75) is 70.8 Å². The molecule has 0 radical (unpaired) electrons. The monoisotopic (exact) mass is 312 g/mol. The standard InChI is InChI=1S/C21H32N2/c1-3-20-8-7-17-19(16(20)5-4-12(20)2)15-11-14(15)18-10-13(22)6-9-21(17,18)23/h10,12,14-17,19,22H,3-9,11,23H2,1-2H3. The molecule has 4 fully saturated rings. The molecule has 0 saturated heterocycles. The smallest absolute Gasteiger partial charge is 0.0410 e. The zero-order valence-corrected chi connectivity index (χ0v) is 14.8. The Bertz CT molecular complexity index is 593. The molecule has 0 heterocycles. The maximum atomic E-state index is 8.11. The van der Waals surface area contributed by atoms with Crippen LogP contribution in [0.15, 0.2) is 11.6 Å². The highest BCUT2D eigenvalue weighted by molar-refractivity contribution is 5.94. The summed E-state index contributed by atoms with van der Waals surface area (Å²) in [7, 11) is 0. The van der Waals surface area contributed by atoms with Crippen molar-refractivity contribution in [3.63, 3.8) is 0 Å². The van der Waals surface area contributed by atoms with Crippen molar-refractivity contribution >= 4 is 5.71 Å². The minimum absolute atomic E-state index is 0.0569. The van der Waals surface area contributed by atoms with Gasteiger partial charge in [-0.1, -0.05) is 13.8 Å². The highest BCUT2D eigenvalue weighted by Crippen LogP contribution is 2.72. The number of fused-ring (bicyclic) bond motifs is 8. The topological polar surface area (TPSA) is 49.9 Å². The molecule has 0 aliphatic heterocycles. The van der Waals surface area contributed by atoms with Crippen LogP contribution >= 0.6 is 0 Å². The van der Waals surface area contributed by atoms with Gasteiger partial charge in [-0.2, -0.15) is 0 Å². The number of hydrogen-bond acceptors (Lipinski definition) is 2. The molecule has 8 unspecified atom stereocenters. The number of nitrogens with one attached hydrogen (secondary N) is 1. The quantitative estimate of drug-likeness (QED) is 0.733. The summed E-state index contributed by atoms with van der Waals surface area (Å²) in [6, 6.07) is 0. The Hall–Kier alpha value is -0.630. The molecule has 5 rings (SSSR count).